The predicted octanol–water partition coefficient (Wildman–Crippen LogP) is -2.17. The van der Waals surface area contributed by atoms with Gasteiger partial charge in [0, 0.05) is 11.1 Å². The number of fused-ring (bicyclic) bond motifs is 1. The van der Waals surface area contributed by atoms with Crippen molar-refractivity contribution in [2.45, 2.75) is 20.4 Å². The second-order valence-corrected chi connectivity index (χ2v) is 5.48. The van der Waals surface area contributed by atoms with E-state index in [2.05, 4.69) is 6.07 Å². The van der Waals surface area contributed by atoms with E-state index in [9.17, 15) is 4.79 Å². The van der Waals surface area contributed by atoms with Crippen molar-refractivity contribution in [3.8, 4) is 0 Å². The van der Waals surface area contributed by atoms with Gasteiger partial charge in [-0.3, -0.25) is 4.79 Å². The monoisotopic (exact) mass is 309 g/mol. The number of quaternary nitrogens is 1. The van der Waals surface area contributed by atoms with Crippen molar-refractivity contribution < 1.29 is 26.5 Å². The minimum absolute atomic E-state index is 0. The third-order valence-corrected chi connectivity index (χ3v) is 4.07. The molecule has 0 saturated carbocycles. The number of ether oxygens (including phenoxy) is 1. The fourth-order valence-corrected chi connectivity index (χ4v) is 2.68. The fraction of sp³-hybridized carbons (Fsp3) is 0.438. The highest BCUT2D eigenvalue weighted by Crippen LogP contribution is 2.16. The molecule has 1 aromatic carbocycles. The van der Waals surface area contributed by atoms with Gasteiger partial charge < -0.3 is 26.5 Å². The lowest BCUT2D eigenvalue weighted by atomic mass is 10.1. The lowest BCUT2D eigenvalue weighted by molar-refractivity contribution is -0.921. The van der Waals surface area contributed by atoms with Gasteiger partial charge >= 0.3 is 0 Å². The Labute approximate surface area is 130 Å². The van der Waals surface area contributed by atoms with Gasteiger partial charge in [-0.05, 0) is 32.0 Å². The first kappa shape index (κ1) is 16.0. The fourth-order valence-electron chi connectivity index (χ4n) is 2.68. The molecular weight excluding hydrogens is 290 g/mol. The first-order chi connectivity index (χ1) is 9.65. The summed E-state index contributed by atoms with van der Waals surface area (Å²) in [7, 11) is 0. The number of halogens is 1. The smallest absolute Gasteiger partial charge is 0.195 e. The maximum atomic E-state index is 12.3. The number of benzene rings is 1. The maximum Gasteiger partial charge on any atom is 0.195 e. The van der Waals surface area contributed by atoms with E-state index in [0.29, 0.717) is 22.3 Å². The molecule has 0 bridgehead atoms. The second kappa shape index (κ2) is 6.60. The van der Waals surface area contributed by atoms with E-state index < -0.39 is 0 Å². The topological polar surface area (TPSA) is 43.9 Å². The molecule has 3 rings (SSSR count). The lowest BCUT2D eigenvalue weighted by Gasteiger charge is -2.23. The minimum Gasteiger partial charge on any atom is -1.00 e. The molecule has 114 valence electrons. The highest BCUT2D eigenvalue weighted by atomic mass is 35.5. The molecule has 0 atom stereocenters. The van der Waals surface area contributed by atoms with E-state index in [1.54, 1.807) is 0 Å². The first-order valence-electron chi connectivity index (χ1n) is 7.09. The molecule has 2 heterocycles. The zero-order valence-electron chi connectivity index (χ0n) is 12.4. The molecular formula is C16H20ClNO3. The first-order valence-corrected chi connectivity index (χ1v) is 7.09. The highest BCUT2D eigenvalue weighted by Gasteiger charge is 2.15. The number of hydrogen-bond acceptors (Lipinski definition) is 3. The number of morpholine rings is 1. The van der Waals surface area contributed by atoms with E-state index in [1.165, 1.54) is 10.5 Å². The molecule has 4 nitrogen and oxygen atoms in total. The van der Waals surface area contributed by atoms with Gasteiger partial charge in [0.05, 0.1) is 18.6 Å². The molecule has 0 spiro atoms. The van der Waals surface area contributed by atoms with E-state index in [-0.39, 0.29) is 17.8 Å². The van der Waals surface area contributed by atoms with E-state index >= 15 is 0 Å². The Morgan fingerprint density at radius 2 is 1.90 bits per heavy atom. The summed E-state index contributed by atoms with van der Waals surface area (Å²) < 4.78 is 11.1. The summed E-state index contributed by atoms with van der Waals surface area (Å²) in [6.45, 7) is 8.29. The molecule has 0 radical (unpaired) electrons. The van der Waals surface area contributed by atoms with Crippen LogP contribution in [0.5, 0.6) is 0 Å². The quantitative estimate of drug-likeness (QED) is 0.687. The molecule has 1 fully saturated rings. The number of nitrogens with one attached hydrogen (secondary N) is 1. The molecule has 0 amide bonds. The minimum atomic E-state index is 0. The van der Waals surface area contributed by atoms with Gasteiger partial charge in [-0.25, -0.2) is 0 Å². The molecule has 1 aromatic heterocycles. The summed E-state index contributed by atoms with van der Waals surface area (Å²) in [5.74, 6) is 0.703. The molecule has 0 unspecified atom stereocenters. The lowest BCUT2D eigenvalue weighted by Crippen LogP contribution is -3.12. The van der Waals surface area contributed by atoms with Crippen LogP contribution >= 0.6 is 0 Å². The third-order valence-electron chi connectivity index (χ3n) is 4.07. The Morgan fingerprint density at radius 3 is 2.62 bits per heavy atom. The molecule has 1 aliphatic rings. The Hall–Kier alpha value is -1.36. The molecule has 1 saturated heterocycles. The van der Waals surface area contributed by atoms with Gasteiger partial charge in [0.15, 0.2) is 5.43 Å². The van der Waals surface area contributed by atoms with Crippen LogP contribution in [0.25, 0.3) is 11.0 Å². The summed E-state index contributed by atoms with van der Waals surface area (Å²) in [5.41, 5.74) is 2.65. The zero-order chi connectivity index (χ0) is 14.1. The Bertz CT molecular complexity index is 690. The van der Waals surface area contributed by atoms with Crippen LogP contribution in [-0.4, -0.2) is 26.3 Å². The van der Waals surface area contributed by atoms with Crippen LogP contribution in [0.15, 0.2) is 27.4 Å². The van der Waals surface area contributed by atoms with Gasteiger partial charge in [0.2, 0.25) is 0 Å². The summed E-state index contributed by atoms with van der Waals surface area (Å²) in [4.78, 5) is 13.8. The van der Waals surface area contributed by atoms with Crippen LogP contribution < -0.4 is 22.7 Å². The van der Waals surface area contributed by atoms with Gasteiger partial charge in [0.25, 0.3) is 0 Å². The number of aryl methyl sites for hydroxylation is 1. The van der Waals surface area contributed by atoms with Crippen molar-refractivity contribution in [3.63, 3.8) is 0 Å². The molecule has 2 aromatic rings. The van der Waals surface area contributed by atoms with Crippen LogP contribution in [0, 0.1) is 13.8 Å². The summed E-state index contributed by atoms with van der Waals surface area (Å²) >= 11 is 0. The summed E-state index contributed by atoms with van der Waals surface area (Å²) in [6.07, 6.45) is 0. The molecule has 5 heteroatoms. The van der Waals surface area contributed by atoms with Crippen LogP contribution in [0.4, 0.5) is 0 Å². The zero-order valence-corrected chi connectivity index (χ0v) is 13.1. The van der Waals surface area contributed by atoms with Crippen LogP contribution in [-0.2, 0) is 11.3 Å². The van der Waals surface area contributed by atoms with Crippen molar-refractivity contribution in [1.82, 2.24) is 0 Å². The maximum absolute atomic E-state index is 12.3. The Balaban J connectivity index is 0.00000161. The van der Waals surface area contributed by atoms with E-state index in [0.717, 1.165) is 32.8 Å². The van der Waals surface area contributed by atoms with Crippen molar-refractivity contribution in [3.05, 3.63) is 45.3 Å². The summed E-state index contributed by atoms with van der Waals surface area (Å²) in [5, 5.41) is 0.693. The van der Waals surface area contributed by atoms with Gasteiger partial charge in [0.1, 0.15) is 31.0 Å². The molecule has 1 N–H and O–H groups in total. The Morgan fingerprint density at radius 1 is 1.19 bits per heavy atom. The average molecular weight is 310 g/mol. The van der Waals surface area contributed by atoms with Crippen LogP contribution in [0.1, 0.15) is 16.9 Å². The largest absolute Gasteiger partial charge is 1.00 e. The van der Waals surface area contributed by atoms with Crippen molar-refractivity contribution in [1.29, 1.82) is 0 Å². The highest BCUT2D eigenvalue weighted by molar-refractivity contribution is 5.78. The van der Waals surface area contributed by atoms with E-state index in [4.69, 9.17) is 9.15 Å². The molecule has 1 aliphatic heterocycles. The van der Waals surface area contributed by atoms with Gasteiger partial charge in [-0.1, -0.05) is 0 Å². The van der Waals surface area contributed by atoms with Gasteiger partial charge in [-0.2, -0.15) is 0 Å². The standard InChI is InChI=1S/C16H19NO3.ClH/c1-11-12(2)20-15-4-3-13(9-14(15)16(11)18)10-17-5-7-19-8-6-17;/h3-4,9H,5-8,10H2,1-2H3;1H. The number of hydrogen-bond donors (Lipinski definition) is 1. The van der Waals surface area contributed by atoms with Crippen molar-refractivity contribution in [2.75, 3.05) is 26.3 Å². The molecule has 0 aliphatic carbocycles. The average Bonchev–Trinajstić information content (AvgIpc) is 2.47. The normalized spacial score (nSPS) is 15.9. The van der Waals surface area contributed by atoms with Crippen LogP contribution in [0.3, 0.4) is 0 Å². The number of rotatable bonds is 2. The van der Waals surface area contributed by atoms with Crippen LogP contribution in [0.2, 0.25) is 0 Å². The van der Waals surface area contributed by atoms with E-state index in [1.807, 2.05) is 26.0 Å². The SMILES string of the molecule is Cc1oc2ccc(C[NH+]3CCOCC3)cc2c(=O)c1C.[Cl-]. The Kier molecular flexibility index (Phi) is 5.04. The van der Waals surface area contributed by atoms with Gasteiger partial charge in [-0.15, -0.1) is 0 Å². The van der Waals surface area contributed by atoms with Crippen molar-refractivity contribution in [2.24, 2.45) is 0 Å². The van der Waals surface area contributed by atoms with Crippen molar-refractivity contribution >= 4 is 11.0 Å². The summed E-state index contributed by atoms with van der Waals surface area (Å²) in [6, 6.07) is 5.96. The second-order valence-electron chi connectivity index (χ2n) is 5.48. The third kappa shape index (κ3) is 3.28. The molecule has 21 heavy (non-hydrogen) atoms. The predicted molar refractivity (Wildman–Crippen MR) is 77.2 cm³/mol.